The topological polar surface area (TPSA) is 368 Å². The van der Waals surface area contributed by atoms with Crippen LogP contribution in [-0.2, 0) is 18.4 Å². The molecule has 1 fully saturated rings. The molecule has 0 aromatic carbocycles. The number of azide groups is 1. The number of fused-ring (bicyclic) bond motifs is 1. The van der Waals surface area contributed by atoms with Crippen molar-refractivity contribution in [3.8, 4) is 0 Å². The van der Waals surface area contributed by atoms with Crippen LogP contribution < -0.4 is 5.73 Å². The third-order valence-corrected chi connectivity index (χ3v) is 3.21. The average molecular weight is 607 g/mol. The number of anilines is 1. The van der Waals surface area contributed by atoms with Crippen LogP contribution in [0.3, 0.4) is 0 Å². The monoisotopic (exact) mass is 607 g/mol. The van der Waals surface area contributed by atoms with Gasteiger partial charge in [-0.25, -0.2) is 32.0 Å². The molecule has 1 aliphatic heterocycles. The number of aliphatic hydroxyl groups is 1. The third kappa shape index (κ3) is 15.6. The molecular weight excluding hydrogens is 585 g/mol. The summed E-state index contributed by atoms with van der Waals surface area (Å²) in [5.41, 5.74) is 13.8. The number of nitrogens with two attached hydrogens (primary N) is 1. The third-order valence-electron chi connectivity index (χ3n) is 3.21. The second kappa shape index (κ2) is 14.7. The summed E-state index contributed by atoms with van der Waals surface area (Å²) in [4.78, 5) is 70.8. The predicted molar refractivity (Wildman–Crippen MR) is 115 cm³/mol. The van der Waals surface area contributed by atoms with E-state index in [2.05, 4.69) is 20.1 Å². The van der Waals surface area contributed by atoms with E-state index >= 15 is 0 Å². The molecular formula is C11H22F2N7O14P3. The Morgan fingerprint density at radius 3 is 1.89 bits per heavy atom. The number of phosphoric acid groups is 3. The summed E-state index contributed by atoms with van der Waals surface area (Å²) in [6, 6.07) is 0.989. The molecule has 4 atom stereocenters. The van der Waals surface area contributed by atoms with Gasteiger partial charge in [-0.2, -0.15) is 5.10 Å². The van der Waals surface area contributed by atoms with Crippen LogP contribution in [0.1, 0.15) is 19.2 Å². The van der Waals surface area contributed by atoms with Crippen LogP contribution in [0.25, 0.3) is 16.0 Å². The number of aliphatic hydroxyl groups excluding tert-OH is 1. The average Bonchev–Trinajstić information content (AvgIpc) is 3.10. The fourth-order valence-corrected chi connectivity index (χ4v) is 2.27. The zero-order chi connectivity index (χ0) is 28.6. The molecule has 12 N–H and O–H groups in total. The predicted octanol–water partition coefficient (Wildman–Crippen LogP) is -1.29. The van der Waals surface area contributed by atoms with Crippen molar-refractivity contribution >= 4 is 34.8 Å². The van der Waals surface area contributed by atoms with E-state index in [0.29, 0.717) is 0 Å². The van der Waals surface area contributed by atoms with Gasteiger partial charge in [0.2, 0.25) is 0 Å². The maximum atomic E-state index is 14.1. The number of halogens is 2. The number of nitrogen functional groups attached to an aromatic ring is 1. The first-order valence-electron chi connectivity index (χ1n) is 8.18. The van der Waals surface area contributed by atoms with E-state index in [9.17, 15) is 13.9 Å². The molecule has 0 radical (unpaired) electrons. The summed E-state index contributed by atoms with van der Waals surface area (Å²) in [5, 5.41) is 16.6. The highest BCUT2D eigenvalue weighted by atomic mass is 31.2. The lowest BCUT2D eigenvalue weighted by Crippen LogP contribution is -2.26. The van der Waals surface area contributed by atoms with Crippen molar-refractivity contribution in [3.63, 3.8) is 0 Å². The Balaban J connectivity index is 0. The summed E-state index contributed by atoms with van der Waals surface area (Å²) in [5.74, 6) is -0.866. The zero-order valence-electron chi connectivity index (χ0n) is 16.9. The van der Waals surface area contributed by atoms with Gasteiger partial charge in [0.05, 0.1) is 5.69 Å². The fraction of sp³-hybridized carbons (Fsp3) is 0.455. The van der Waals surface area contributed by atoms with E-state index in [1.165, 1.54) is 0 Å². The van der Waals surface area contributed by atoms with Crippen molar-refractivity contribution in [2.24, 2.45) is 5.11 Å². The Labute approximate surface area is 203 Å². The molecule has 1 aliphatic rings. The van der Waals surface area contributed by atoms with Crippen LogP contribution >= 0.6 is 23.5 Å². The molecule has 3 heterocycles. The minimum Gasteiger partial charge on any atom is -0.387 e. The Morgan fingerprint density at radius 1 is 1.05 bits per heavy atom. The Hall–Kier alpha value is -2.16. The van der Waals surface area contributed by atoms with Crippen molar-refractivity contribution in [1.82, 2.24) is 14.6 Å². The van der Waals surface area contributed by atoms with Crippen molar-refractivity contribution in [2.75, 3.05) is 5.73 Å². The van der Waals surface area contributed by atoms with Crippen LogP contribution in [-0.4, -0.2) is 82.2 Å². The second-order valence-electron chi connectivity index (χ2n) is 5.95. The summed E-state index contributed by atoms with van der Waals surface area (Å²) >= 11 is 0. The van der Waals surface area contributed by atoms with Gasteiger partial charge in [-0.3, -0.25) is 0 Å². The van der Waals surface area contributed by atoms with Gasteiger partial charge in [0.25, 0.3) is 0 Å². The number of rotatable bonds is 2. The van der Waals surface area contributed by atoms with Crippen LogP contribution in [0.5, 0.6) is 0 Å². The molecule has 2 aromatic rings. The first-order chi connectivity index (χ1) is 16.0. The molecule has 0 amide bonds. The van der Waals surface area contributed by atoms with Crippen LogP contribution in [0.15, 0.2) is 17.5 Å². The summed E-state index contributed by atoms with van der Waals surface area (Å²) in [7, 11) is -13.9. The Kier molecular flexibility index (Phi) is 14.7. The Morgan fingerprint density at radius 2 is 1.49 bits per heavy atom. The lowest BCUT2D eigenvalue weighted by molar-refractivity contribution is 0.0116. The standard InChI is InChI=1S/C10H9F2N7O2.CH4.3H3O4P/c11-3-1-4(19-6(3)9(13)15-2-16-19)8-5(12)7(20)10(21-8)17-18-14;;3*1-5(2,3)4/h1-2,5,7-8,10,20H,(H2,13,15,16);1H4;3*(H3,1,2,3,4)/t5-,7+,8+,10-;;;;/m1..../s1. The van der Waals surface area contributed by atoms with Crippen LogP contribution in [0, 0.1) is 5.82 Å². The van der Waals surface area contributed by atoms with Gasteiger partial charge in [0.1, 0.15) is 24.1 Å². The quantitative estimate of drug-likeness (QED) is 0.0818. The first kappa shape index (κ1) is 37.0. The van der Waals surface area contributed by atoms with Gasteiger partial charge < -0.3 is 59.6 Å². The number of nitrogens with zero attached hydrogens (tertiary/aromatic N) is 6. The summed E-state index contributed by atoms with van der Waals surface area (Å²) in [6.07, 6.45) is -5.23. The van der Waals surface area contributed by atoms with Crippen LogP contribution in [0.4, 0.5) is 14.6 Å². The Bertz CT molecular complexity index is 1140. The molecule has 214 valence electrons. The largest absolute Gasteiger partial charge is 0.466 e. The van der Waals surface area contributed by atoms with Crippen molar-refractivity contribution < 1.29 is 76.4 Å². The molecule has 26 heteroatoms. The highest BCUT2D eigenvalue weighted by molar-refractivity contribution is 7.45. The number of aromatic nitrogens is 3. The van der Waals surface area contributed by atoms with Crippen molar-refractivity contribution in [3.05, 3.63) is 34.3 Å². The van der Waals surface area contributed by atoms with E-state index in [1.54, 1.807) is 0 Å². The van der Waals surface area contributed by atoms with E-state index in [4.69, 9.17) is 73.7 Å². The molecule has 0 saturated carbocycles. The van der Waals surface area contributed by atoms with Crippen molar-refractivity contribution in [2.45, 2.75) is 32.0 Å². The second-order valence-corrected chi connectivity index (χ2v) is 9.03. The molecule has 0 unspecified atom stereocenters. The highest BCUT2D eigenvalue weighted by Crippen LogP contribution is 2.38. The van der Waals surface area contributed by atoms with E-state index in [-0.39, 0.29) is 24.5 Å². The first-order valence-corrected chi connectivity index (χ1v) is 12.9. The van der Waals surface area contributed by atoms with Crippen molar-refractivity contribution in [1.29, 1.82) is 0 Å². The maximum Gasteiger partial charge on any atom is 0.466 e. The van der Waals surface area contributed by atoms with E-state index in [1.807, 2.05) is 0 Å². The van der Waals surface area contributed by atoms with Gasteiger partial charge in [0, 0.05) is 11.0 Å². The van der Waals surface area contributed by atoms with Gasteiger partial charge in [-0.1, -0.05) is 12.5 Å². The normalized spacial score (nSPS) is 21.1. The minimum absolute atomic E-state index is 0. The number of hydrogen-bond donors (Lipinski definition) is 11. The van der Waals surface area contributed by atoms with E-state index in [0.717, 1.165) is 16.9 Å². The fourth-order valence-electron chi connectivity index (χ4n) is 2.27. The number of hydrogen-bond acceptors (Lipinski definition) is 9. The van der Waals surface area contributed by atoms with Crippen LogP contribution in [0.2, 0.25) is 0 Å². The zero-order valence-corrected chi connectivity index (χ0v) is 19.6. The SMILES string of the molecule is C.O=P(O)(O)O.O=P(O)(O)O.O=P(O)(O)O.[N-]=[N+]=N[C@@H]1O[C@@H](c2cc(F)c3c(N)ncnn23)[C@H](F)[C@@H]1O. The minimum atomic E-state index is -4.64. The lowest BCUT2D eigenvalue weighted by atomic mass is 10.1. The summed E-state index contributed by atoms with van der Waals surface area (Å²) in [6.45, 7) is 0. The summed E-state index contributed by atoms with van der Waals surface area (Å²) < 4.78 is 60.8. The van der Waals surface area contributed by atoms with Gasteiger partial charge in [-0.15, -0.1) is 0 Å². The molecule has 0 aliphatic carbocycles. The number of alkyl halides is 1. The highest BCUT2D eigenvalue weighted by Gasteiger charge is 2.46. The van der Waals surface area contributed by atoms with Gasteiger partial charge in [0.15, 0.2) is 24.0 Å². The molecule has 1 saturated heterocycles. The lowest BCUT2D eigenvalue weighted by Gasteiger charge is -2.12. The maximum absolute atomic E-state index is 14.1. The molecule has 21 nitrogen and oxygen atoms in total. The smallest absolute Gasteiger partial charge is 0.387 e. The molecule has 3 rings (SSSR count). The number of ether oxygens (including phenoxy) is 1. The molecule has 37 heavy (non-hydrogen) atoms. The van der Waals surface area contributed by atoms with Gasteiger partial charge in [-0.05, 0) is 5.53 Å². The van der Waals surface area contributed by atoms with Gasteiger partial charge >= 0.3 is 23.5 Å². The molecule has 0 bridgehead atoms. The van der Waals surface area contributed by atoms with E-state index < -0.39 is 53.9 Å². The molecule has 2 aromatic heterocycles. The molecule has 0 spiro atoms.